The van der Waals surface area contributed by atoms with Crippen LogP contribution in [0.25, 0.3) is 0 Å². The number of hydrogen-bond donors (Lipinski definition) is 2. The predicted octanol–water partition coefficient (Wildman–Crippen LogP) is 3.47. The van der Waals surface area contributed by atoms with Crippen LogP contribution in [0, 0.1) is 0 Å². The van der Waals surface area contributed by atoms with Gasteiger partial charge in [-0.05, 0) is 49.9 Å². The van der Waals surface area contributed by atoms with Crippen LogP contribution in [-0.4, -0.2) is 30.4 Å². The lowest BCUT2D eigenvalue weighted by atomic mass is 9.72. The van der Waals surface area contributed by atoms with Crippen LogP contribution in [0.15, 0.2) is 24.3 Å². The second-order valence-electron chi connectivity index (χ2n) is 6.08. The van der Waals surface area contributed by atoms with Gasteiger partial charge in [0.2, 0.25) is 0 Å². The summed E-state index contributed by atoms with van der Waals surface area (Å²) in [6, 6.07) is 8.36. The number of hydrogen-bond acceptors (Lipinski definition) is 3. The molecular formula is C18H29NO2. The molecule has 0 radical (unpaired) electrons. The standard InChI is InChI=1S/C18H29NO2/c1-4-16(14-9-11-15(21-3)12-10-14)18(20,5-2)17-8-6-7-13-19-17/h9-12,16-17,19-20H,4-8,13H2,1-3H3/t16-,17+,18+/m1/s1. The van der Waals surface area contributed by atoms with Crippen molar-refractivity contribution >= 4 is 0 Å². The molecule has 0 saturated carbocycles. The van der Waals surface area contributed by atoms with Gasteiger partial charge < -0.3 is 15.2 Å². The largest absolute Gasteiger partial charge is 0.497 e. The monoisotopic (exact) mass is 291 g/mol. The summed E-state index contributed by atoms with van der Waals surface area (Å²) in [7, 11) is 1.68. The van der Waals surface area contributed by atoms with Gasteiger partial charge in [0.05, 0.1) is 12.7 Å². The number of methoxy groups -OCH3 is 1. The zero-order valence-electron chi connectivity index (χ0n) is 13.6. The van der Waals surface area contributed by atoms with Gasteiger partial charge in [-0.1, -0.05) is 32.4 Å². The van der Waals surface area contributed by atoms with E-state index in [-0.39, 0.29) is 12.0 Å². The first-order valence-electron chi connectivity index (χ1n) is 8.25. The highest BCUT2D eigenvalue weighted by Gasteiger charge is 2.42. The maximum atomic E-state index is 11.4. The molecule has 0 aliphatic carbocycles. The van der Waals surface area contributed by atoms with Crippen LogP contribution in [0.2, 0.25) is 0 Å². The summed E-state index contributed by atoms with van der Waals surface area (Å²) >= 11 is 0. The van der Waals surface area contributed by atoms with Crippen LogP contribution in [0.1, 0.15) is 57.4 Å². The van der Waals surface area contributed by atoms with Crippen molar-refractivity contribution in [3.05, 3.63) is 29.8 Å². The summed E-state index contributed by atoms with van der Waals surface area (Å²) in [6.45, 7) is 5.28. The Morgan fingerprint density at radius 2 is 2.00 bits per heavy atom. The molecule has 0 aromatic heterocycles. The van der Waals surface area contributed by atoms with E-state index in [4.69, 9.17) is 4.74 Å². The third-order valence-corrected chi connectivity index (χ3v) is 5.01. The van der Waals surface area contributed by atoms with Gasteiger partial charge in [0.15, 0.2) is 0 Å². The maximum Gasteiger partial charge on any atom is 0.118 e. The van der Waals surface area contributed by atoms with Gasteiger partial charge >= 0.3 is 0 Å². The van der Waals surface area contributed by atoms with Gasteiger partial charge in [-0.15, -0.1) is 0 Å². The molecule has 1 heterocycles. The smallest absolute Gasteiger partial charge is 0.118 e. The summed E-state index contributed by atoms with van der Waals surface area (Å²) in [5, 5.41) is 14.9. The average molecular weight is 291 g/mol. The predicted molar refractivity (Wildman–Crippen MR) is 86.9 cm³/mol. The van der Waals surface area contributed by atoms with Crippen molar-refractivity contribution in [3.8, 4) is 5.75 Å². The molecule has 0 spiro atoms. The van der Waals surface area contributed by atoms with Gasteiger partial charge in [0.25, 0.3) is 0 Å². The van der Waals surface area contributed by atoms with Gasteiger partial charge in [-0.3, -0.25) is 0 Å². The number of benzene rings is 1. The van der Waals surface area contributed by atoms with E-state index < -0.39 is 5.60 Å². The Morgan fingerprint density at radius 1 is 1.29 bits per heavy atom. The van der Waals surface area contributed by atoms with Gasteiger partial charge in [0.1, 0.15) is 5.75 Å². The van der Waals surface area contributed by atoms with Crippen LogP contribution in [0.5, 0.6) is 5.75 Å². The molecule has 0 amide bonds. The van der Waals surface area contributed by atoms with Crippen LogP contribution in [-0.2, 0) is 0 Å². The minimum Gasteiger partial charge on any atom is -0.497 e. The normalized spacial score (nSPS) is 23.3. The number of ether oxygens (including phenoxy) is 1. The van der Waals surface area contributed by atoms with Crippen molar-refractivity contribution in [2.45, 2.75) is 63.5 Å². The fourth-order valence-electron chi connectivity index (χ4n) is 3.73. The molecule has 118 valence electrons. The number of piperidine rings is 1. The summed E-state index contributed by atoms with van der Waals surface area (Å²) in [5.41, 5.74) is 0.527. The SMILES string of the molecule is CC[C@H](c1ccc(OC)cc1)[C@@](O)(CC)[C@@H]1CCCCN1. The molecule has 0 unspecified atom stereocenters. The molecule has 3 heteroatoms. The molecule has 3 atom stereocenters. The Morgan fingerprint density at radius 3 is 2.48 bits per heavy atom. The third-order valence-electron chi connectivity index (χ3n) is 5.01. The zero-order valence-corrected chi connectivity index (χ0v) is 13.6. The molecule has 21 heavy (non-hydrogen) atoms. The van der Waals surface area contributed by atoms with Crippen molar-refractivity contribution in [2.75, 3.05) is 13.7 Å². The molecule has 1 saturated heterocycles. The molecular weight excluding hydrogens is 262 g/mol. The fourth-order valence-corrected chi connectivity index (χ4v) is 3.73. The van der Waals surface area contributed by atoms with Gasteiger partial charge in [-0.25, -0.2) is 0 Å². The highest BCUT2D eigenvalue weighted by atomic mass is 16.5. The Bertz CT molecular complexity index is 425. The summed E-state index contributed by atoms with van der Waals surface area (Å²) < 4.78 is 5.24. The lowest BCUT2D eigenvalue weighted by Crippen LogP contribution is -2.55. The molecule has 2 rings (SSSR count). The Kier molecular flexibility index (Phi) is 5.65. The number of aliphatic hydroxyl groups is 1. The molecule has 1 aromatic rings. The maximum absolute atomic E-state index is 11.4. The van der Waals surface area contributed by atoms with Crippen molar-refractivity contribution < 1.29 is 9.84 Å². The van der Waals surface area contributed by atoms with E-state index in [0.29, 0.717) is 0 Å². The molecule has 1 aromatic carbocycles. The molecule has 1 fully saturated rings. The summed E-state index contributed by atoms with van der Waals surface area (Å²) in [5.74, 6) is 1.02. The molecule has 0 bridgehead atoms. The average Bonchev–Trinajstić information content (AvgIpc) is 2.56. The Hall–Kier alpha value is -1.06. The zero-order chi connectivity index (χ0) is 15.3. The van der Waals surface area contributed by atoms with E-state index in [0.717, 1.165) is 31.6 Å². The topological polar surface area (TPSA) is 41.5 Å². The van der Waals surface area contributed by atoms with Crippen LogP contribution in [0.3, 0.4) is 0 Å². The van der Waals surface area contributed by atoms with E-state index in [1.165, 1.54) is 18.4 Å². The van der Waals surface area contributed by atoms with E-state index in [2.05, 4.69) is 31.3 Å². The first kappa shape index (κ1) is 16.3. The first-order valence-corrected chi connectivity index (χ1v) is 8.25. The fraction of sp³-hybridized carbons (Fsp3) is 0.667. The number of nitrogens with one attached hydrogen (secondary N) is 1. The lowest BCUT2D eigenvalue weighted by molar-refractivity contribution is -0.0363. The van der Waals surface area contributed by atoms with Gasteiger partial charge in [-0.2, -0.15) is 0 Å². The highest BCUT2D eigenvalue weighted by molar-refractivity contribution is 5.31. The Balaban J connectivity index is 2.26. The van der Waals surface area contributed by atoms with Crippen LogP contribution < -0.4 is 10.1 Å². The molecule has 1 aliphatic rings. The minimum atomic E-state index is -0.677. The minimum absolute atomic E-state index is 0.156. The molecule has 2 N–H and O–H groups in total. The first-order chi connectivity index (χ1) is 10.2. The molecule has 3 nitrogen and oxygen atoms in total. The van der Waals surface area contributed by atoms with E-state index in [1.807, 2.05) is 12.1 Å². The van der Waals surface area contributed by atoms with E-state index in [1.54, 1.807) is 7.11 Å². The van der Waals surface area contributed by atoms with E-state index in [9.17, 15) is 5.11 Å². The van der Waals surface area contributed by atoms with Gasteiger partial charge in [0, 0.05) is 12.0 Å². The van der Waals surface area contributed by atoms with Crippen molar-refractivity contribution in [1.29, 1.82) is 0 Å². The number of rotatable bonds is 6. The van der Waals surface area contributed by atoms with E-state index >= 15 is 0 Å². The second kappa shape index (κ2) is 7.28. The highest BCUT2D eigenvalue weighted by Crippen LogP contribution is 2.39. The van der Waals surface area contributed by atoms with Crippen LogP contribution in [0.4, 0.5) is 0 Å². The van der Waals surface area contributed by atoms with Crippen LogP contribution >= 0.6 is 0 Å². The third kappa shape index (κ3) is 3.41. The van der Waals surface area contributed by atoms with Crippen molar-refractivity contribution in [2.24, 2.45) is 0 Å². The molecule has 1 aliphatic heterocycles. The second-order valence-corrected chi connectivity index (χ2v) is 6.08. The summed E-state index contributed by atoms with van der Waals surface area (Å²) in [4.78, 5) is 0. The lowest BCUT2D eigenvalue weighted by Gasteiger charge is -2.44. The quantitative estimate of drug-likeness (QED) is 0.843. The Labute approximate surface area is 128 Å². The summed E-state index contributed by atoms with van der Waals surface area (Å²) in [6.07, 6.45) is 5.20. The van der Waals surface area contributed by atoms with Crippen molar-refractivity contribution in [3.63, 3.8) is 0 Å². The van der Waals surface area contributed by atoms with Crippen molar-refractivity contribution in [1.82, 2.24) is 5.32 Å².